The Bertz CT molecular complexity index is 726. The Hall–Kier alpha value is -1.78. The maximum Gasteiger partial charge on any atom is 0.187 e. The molecule has 1 unspecified atom stereocenters. The highest BCUT2D eigenvalue weighted by Gasteiger charge is 2.16. The van der Waals surface area contributed by atoms with Crippen LogP contribution < -0.4 is 0 Å². The summed E-state index contributed by atoms with van der Waals surface area (Å²) >= 11 is -2.15. The molecule has 0 aliphatic rings. The second kappa shape index (κ2) is 4.15. The van der Waals surface area contributed by atoms with Crippen molar-refractivity contribution in [3.8, 4) is 0 Å². The molecule has 0 radical (unpaired) electrons. The van der Waals surface area contributed by atoms with E-state index in [1.165, 1.54) is 0 Å². The molecule has 0 aromatic heterocycles. The van der Waals surface area contributed by atoms with Gasteiger partial charge >= 0.3 is 0 Å². The predicted octanol–water partition coefficient (Wildman–Crippen LogP) is 3.71. The Morgan fingerprint density at radius 1 is 0.833 bits per heavy atom. The minimum Gasteiger partial charge on any atom is -0.302 e. The molecule has 1 atom stereocenters. The minimum atomic E-state index is -2.15. The molecule has 0 fully saturated rings. The smallest absolute Gasteiger partial charge is 0.187 e. The van der Waals surface area contributed by atoms with Crippen LogP contribution in [0.2, 0.25) is 0 Å². The van der Waals surface area contributed by atoms with Crippen molar-refractivity contribution in [2.45, 2.75) is 4.90 Å². The summed E-state index contributed by atoms with van der Waals surface area (Å²) in [7, 11) is 0. The second-order valence-electron chi connectivity index (χ2n) is 3.98. The van der Waals surface area contributed by atoms with Gasteiger partial charge in [0.25, 0.3) is 0 Å². The summed E-state index contributed by atoms with van der Waals surface area (Å²) in [6.45, 7) is 0. The van der Waals surface area contributed by atoms with E-state index in [-0.39, 0.29) is 10.7 Å². The fourth-order valence-corrected chi connectivity index (χ4v) is 2.96. The van der Waals surface area contributed by atoms with Gasteiger partial charge in [-0.1, -0.05) is 48.5 Å². The van der Waals surface area contributed by atoms with Crippen molar-refractivity contribution in [1.82, 2.24) is 0 Å². The molecular weight excluding hydrogens is 251 g/mol. The van der Waals surface area contributed by atoms with Crippen molar-refractivity contribution in [3.63, 3.8) is 0 Å². The highest BCUT2D eigenvalue weighted by molar-refractivity contribution is 7.79. The molecule has 3 rings (SSSR count). The molecule has 0 saturated carbocycles. The molecular formula is C14H9FO2S. The first-order chi connectivity index (χ1) is 8.70. The van der Waals surface area contributed by atoms with Crippen molar-refractivity contribution in [1.29, 1.82) is 0 Å². The summed E-state index contributed by atoms with van der Waals surface area (Å²) in [5.41, 5.74) is 0. The van der Waals surface area contributed by atoms with E-state index in [4.69, 9.17) is 0 Å². The van der Waals surface area contributed by atoms with E-state index in [0.29, 0.717) is 21.5 Å². The molecule has 0 aliphatic carbocycles. The van der Waals surface area contributed by atoms with Crippen LogP contribution in [0.5, 0.6) is 0 Å². The highest BCUT2D eigenvalue weighted by atomic mass is 32.2. The first kappa shape index (κ1) is 11.3. The van der Waals surface area contributed by atoms with Gasteiger partial charge in [0.1, 0.15) is 5.82 Å². The molecule has 18 heavy (non-hydrogen) atoms. The number of halogens is 1. The lowest BCUT2D eigenvalue weighted by Crippen LogP contribution is -1.95. The average molecular weight is 260 g/mol. The third-order valence-corrected chi connectivity index (χ3v) is 3.78. The molecule has 4 heteroatoms. The SMILES string of the molecule is O=S(O)c1c2ccccc2c(F)c2ccccc12. The lowest BCUT2D eigenvalue weighted by atomic mass is 10.0. The van der Waals surface area contributed by atoms with Gasteiger partial charge in [-0.25, -0.2) is 8.60 Å². The van der Waals surface area contributed by atoms with Crippen molar-refractivity contribution >= 4 is 32.6 Å². The molecule has 3 aromatic rings. The fourth-order valence-electron chi connectivity index (χ4n) is 2.22. The molecule has 1 N–H and O–H groups in total. The highest BCUT2D eigenvalue weighted by Crippen LogP contribution is 2.33. The fraction of sp³-hybridized carbons (Fsp3) is 0. The molecule has 0 amide bonds. The van der Waals surface area contributed by atoms with Crippen LogP contribution in [0.15, 0.2) is 53.4 Å². The summed E-state index contributed by atoms with van der Waals surface area (Å²) in [5, 5.41) is 1.70. The molecule has 3 aromatic carbocycles. The van der Waals surface area contributed by atoms with Gasteiger partial charge in [-0.05, 0) is 0 Å². The summed E-state index contributed by atoms with van der Waals surface area (Å²) in [5.74, 6) is -0.351. The van der Waals surface area contributed by atoms with E-state index in [0.717, 1.165) is 0 Å². The van der Waals surface area contributed by atoms with Gasteiger partial charge in [0.2, 0.25) is 0 Å². The maximum absolute atomic E-state index is 14.3. The molecule has 0 aliphatic heterocycles. The van der Waals surface area contributed by atoms with Crippen LogP contribution in [0.4, 0.5) is 4.39 Å². The second-order valence-corrected chi connectivity index (χ2v) is 4.89. The third-order valence-electron chi connectivity index (χ3n) is 2.99. The van der Waals surface area contributed by atoms with Crippen molar-refractivity contribution < 1.29 is 13.2 Å². The zero-order valence-electron chi connectivity index (χ0n) is 9.26. The first-order valence-corrected chi connectivity index (χ1v) is 6.50. The van der Waals surface area contributed by atoms with Gasteiger partial charge in [-0.15, -0.1) is 0 Å². The average Bonchev–Trinajstić information content (AvgIpc) is 2.39. The Morgan fingerprint density at radius 2 is 1.22 bits per heavy atom. The van der Waals surface area contributed by atoms with Crippen LogP contribution in [-0.4, -0.2) is 8.76 Å². The Labute approximate surface area is 105 Å². The van der Waals surface area contributed by atoms with Gasteiger partial charge < -0.3 is 4.55 Å². The molecule has 2 nitrogen and oxygen atoms in total. The largest absolute Gasteiger partial charge is 0.302 e. The number of rotatable bonds is 1. The summed E-state index contributed by atoms with van der Waals surface area (Å²) in [4.78, 5) is 0.266. The summed E-state index contributed by atoms with van der Waals surface area (Å²) < 4.78 is 35.3. The van der Waals surface area contributed by atoms with E-state index in [1.54, 1.807) is 48.5 Å². The number of benzene rings is 3. The number of hydrogen-bond donors (Lipinski definition) is 1. The lowest BCUT2D eigenvalue weighted by molar-refractivity contribution is 0.566. The van der Waals surface area contributed by atoms with Gasteiger partial charge in [-0.3, -0.25) is 0 Å². The lowest BCUT2D eigenvalue weighted by Gasteiger charge is -2.09. The number of fused-ring (bicyclic) bond motifs is 2. The van der Waals surface area contributed by atoms with Gasteiger partial charge in [0.15, 0.2) is 11.1 Å². The van der Waals surface area contributed by atoms with Crippen molar-refractivity contribution in [2.24, 2.45) is 0 Å². The molecule has 0 saturated heterocycles. The van der Waals surface area contributed by atoms with E-state index in [1.807, 2.05) is 0 Å². The zero-order chi connectivity index (χ0) is 12.7. The maximum atomic E-state index is 14.3. The van der Waals surface area contributed by atoms with E-state index < -0.39 is 11.1 Å². The Balaban J connectivity index is 2.67. The van der Waals surface area contributed by atoms with Crippen molar-refractivity contribution in [3.05, 3.63) is 54.3 Å². The van der Waals surface area contributed by atoms with Crippen LogP contribution in [-0.2, 0) is 11.1 Å². The topological polar surface area (TPSA) is 37.3 Å². The standard InChI is InChI=1S/C14H9FO2S/c15-13-9-5-1-3-7-11(9)14(18(16)17)12-8-4-2-6-10(12)13/h1-8H,(H,16,17). The van der Waals surface area contributed by atoms with Crippen molar-refractivity contribution in [2.75, 3.05) is 0 Å². The normalized spacial score (nSPS) is 13.0. The van der Waals surface area contributed by atoms with E-state index in [9.17, 15) is 13.2 Å². The predicted molar refractivity (Wildman–Crippen MR) is 70.4 cm³/mol. The molecule has 0 heterocycles. The molecule has 0 spiro atoms. The first-order valence-electron chi connectivity index (χ1n) is 5.40. The summed E-state index contributed by atoms with van der Waals surface area (Å²) in [6, 6.07) is 13.4. The minimum absolute atomic E-state index is 0.266. The van der Waals surface area contributed by atoms with Crippen LogP contribution in [0.25, 0.3) is 21.5 Å². The van der Waals surface area contributed by atoms with E-state index in [2.05, 4.69) is 0 Å². The van der Waals surface area contributed by atoms with Crippen LogP contribution in [0.1, 0.15) is 0 Å². The molecule has 90 valence electrons. The van der Waals surface area contributed by atoms with Crippen LogP contribution >= 0.6 is 0 Å². The Morgan fingerprint density at radius 3 is 1.61 bits per heavy atom. The van der Waals surface area contributed by atoms with Gasteiger partial charge in [0.05, 0.1) is 4.90 Å². The van der Waals surface area contributed by atoms with Crippen LogP contribution in [0.3, 0.4) is 0 Å². The molecule has 0 bridgehead atoms. The summed E-state index contributed by atoms with van der Waals surface area (Å²) in [6.07, 6.45) is 0. The Kier molecular flexibility index (Phi) is 2.61. The number of hydrogen-bond acceptors (Lipinski definition) is 1. The van der Waals surface area contributed by atoms with Crippen LogP contribution in [0, 0.1) is 5.82 Å². The zero-order valence-corrected chi connectivity index (χ0v) is 10.1. The third kappa shape index (κ3) is 1.54. The monoisotopic (exact) mass is 260 g/mol. The van der Waals surface area contributed by atoms with Gasteiger partial charge in [0, 0.05) is 21.5 Å². The quantitative estimate of drug-likeness (QED) is 0.535. The van der Waals surface area contributed by atoms with Gasteiger partial charge in [-0.2, -0.15) is 0 Å². The van der Waals surface area contributed by atoms with E-state index >= 15 is 0 Å².